The summed E-state index contributed by atoms with van der Waals surface area (Å²) in [5, 5.41) is 9.21. The van der Waals surface area contributed by atoms with E-state index in [0.717, 1.165) is 29.9 Å². The van der Waals surface area contributed by atoms with E-state index in [1.807, 2.05) is 22.9 Å². The smallest absolute Gasteiger partial charge is 0.255 e. The fourth-order valence-corrected chi connectivity index (χ4v) is 5.92. The SMILES string of the molecule is CCCn1nc(-c2cnc3c(n2)c(C(=O)N[C@H](C)C(=O)N2CC(N)C2)cn3COCC[Si](C)(C)C)c2ccc(Cl)cc21. The summed E-state index contributed by atoms with van der Waals surface area (Å²) in [4.78, 5) is 37.6. The maximum absolute atomic E-state index is 13.6. The van der Waals surface area contributed by atoms with Crippen molar-refractivity contribution in [1.82, 2.24) is 34.5 Å². The van der Waals surface area contributed by atoms with Crippen molar-refractivity contribution in [2.45, 2.75) is 71.3 Å². The number of aryl methyl sites for hydroxylation is 1. The molecule has 2 amide bonds. The zero-order valence-corrected chi connectivity index (χ0v) is 26.6. The summed E-state index contributed by atoms with van der Waals surface area (Å²) in [5.41, 5.74) is 9.19. The van der Waals surface area contributed by atoms with Crippen molar-refractivity contribution >= 4 is 53.6 Å². The average molecular weight is 611 g/mol. The molecule has 0 unspecified atom stereocenters. The summed E-state index contributed by atoms with van der Waals surface area (Å²) in [6.45, 7) is 13.2. The molecule has 3 aromatic heterocycles. The minimum atomic E-state index is -1.27. The molecule has 1 aliphatic rings. The molecule has 1 atom stereocenters. The zero-order valence-electron chi connectivity index (χ0n) is 24.9. The van der Waals surface area contributed by atoms with E-state index in [-0.39, 0.29) is 18.7 Å². The Kier molecular flexibility index (Phi) is 8.70. The van der Waals surface area contributed by atoms with Crippen molar-refractivity contribution in [1.29, 1.82) is 0 Å². The van der Waals surface area contributed by atoms with E-state index in [0.29, 0.717) is 52.8 Å². The van der Waals surface area contributed by atoms with Gasteiger partial charge in [-0.05, 0) is 37.6 Å². The molecule has 1 saturated heterocycles. The molecule has 1 aromatic carbocycles. The summed E-state index contributed by atoms with van der Waals surface area (Å²) < 4.78 is 9.70. The molecule has 42 heavy (non-hydrogen) atoms. The first-order valence-electron chi connectivity index (χ1n) is 14.4. The number of aromatic nitrogens is 5. The second-order valence-corrected chi connectivity index (χ2v) is 18.3. The molecule has 0 saturated carbocycles. The van der Waals surface area contributed by atoms with Crippen LogP contribution in [0.25, 0.3) is 33.5 Å². The van der Waals surface area contributed by atoms with Gasteiger partial charge >= 0.3 is 0 Å². The number of carbonyl (C=O) groups excluding carboxylic acids is 2. The van der Waals surface area contributed by atoms with E-state index in [1.54, 1.807) is 28.8 Å². The van der Waals surface area contributed by atoms with Gasteiger partial charge in [-0.2, -0.15) is 5.10 Å². The summed E-state index contributed by atoms with van der Waals surface area (Å²) in [6.07, 6.45) is 4.27. The number of benzene rings is 1. The van der Waals surface area contributed by atoms with Crippen LogP contribution >= 0.6 is 11.6 Å². The minimum absolute atomic E-state index is 0.0163. The average Bonchev–Trinajstić information content (AvgIpc) is 3.46. The van der Waals surface area contributed by atoms with E-state index in [1.165, 1.54) is 0 Å². The molecule has 0 bridgehead atoms. The Labute approximate surface area is 251 Å². The topological polar surface area (TPSA) is 133 Å². The van der Waals surface area contributed by atoms with E-state index < -0.39 is 20.0 Å². The van der Waals surface area contributed by atoms with Crippen LogP contribution in [-0.2, 0) is 22.8 Å². The van der Waals surface area contributed by atoms with Crippen LogP contribution in [0.15, 0.2) is 30.6 Å². The van der Waals surface area contributed by atoms with Gasteiger partial charge in [-0.1, -0.05) is 38.2 Å². The molecule has 11 nitrogen and oxygen atoms in total. The summed E-state index contributed by atoms with van der Waals surface area (Å²) in [6, 6.07) is 5.94. The fourth-order valence-electron chi connectivity index (χ4n) is 4.99. The lowest BCUT2D eigenvalue weighted by molar-refractivity contribution is -0.137. The molecule has 13 heteroatoms. The van der Waals surface area contributed by atoms with E-state index in [9.17, 15) is 9.59 Å². The number of rotatable bonds is 11. The molecule has 224 valence electrons. The lowest BCUT2D eigenvalue weighted by Crippen LogP contribution is -2.61. The van der Waals surface area contributed by atoms with Gasteiger partial charge in [-0.15, -0.1) is 0 Å². The van der Waals surface area contributed by atoms with Gasteiger partial charge in [0.2, 0.25) is 5.91 Å². The predicted octanol–water partition coefficient (Wildman–Crippen LogP) is 4.11. The third kappa shape index (κ3) is 6.36. The number of ether oxygens (including phenoxy) is 1. The Bertz CT molecular complexity index is 1620. The van der Waals surface area contributed by atoms with Crippen LogP contribution in [0.2, 0.25) is 30.7 Å². The summed E-state index contributed by atoms with van der Waals surface area (Å²) in [7, 11) is -1.27. The maximum atomic E-state index is 13.6. The number of amides is 2. The second-order valence-electron chi connectivity index (χ2n) is 12.2. The third-order valence-electron chi connectivity index (χ3n) is 7.37. The largest absolute Gasteiger partial charge is 0.361 e. The van der Waals surface area contributed by atoms with Crippen molar-refractivity contribution < 1.29 is 14.3 Å². The van der Waals surface area contributed by atoms with Gasteiger partial charge in [0.1, 0.15) is 29.7 Å². The number of hydrogen-bond donors (Lipinski definition) is 2. The molecule has 5 rings (SSSR count). The number of nitrogens with two attached hydrogens (primary N) is 1. The van der Waals surface area contributed by atoms with Crippen molar-refractivity contribution in [2.24, 2.45) is 5.73 Å². The highest BCUT2D eigenvalue weighted by Crippen LogP contribution is 2.30. The third-order valence-corrected chi connectivity index (χ3v) is 9.31. The first-order valence-corrected chi connectivity index (χ1v) is 18.5. The van der Waals surface area contributed by atoms with Crippen LogP contribution in [0.4, 0.5) is 0 Å². The Morgan fingerprint density at radius 2 is 2.02 bits per heavy atom. The lowest BCUT2D eigenvalue weighted by atomic mass is 10.1. The fraction of sp³-hybridized carbons (Fsp3) is 0.483. The van der Waals surface area contributed by atoms with Crippen LogP contribution in [0.3, 0.4) is 0 Å². The molecule has 3 N–H and O–H groups in total. The standard InChI is InChI=1S/C29H39ClN8O3Si/c1-6-9-38-24-12-19(30)7-8-21(24)25(35-38)23-13-32-27-26(34-23)22(16-37(27)17-41-10-11-42(3,4)5)28(39)33-18(2)29(40)36-14-20(31)15-36/h7-8,12-13,16,18,20H,6,9-11,14-15,17,31H2,1-5H3,(H,33,39)/t18-/m1/s1. The van der Waals surface area contributed by atoms with E-state index in [4.69, 9.17) is 37.1 Å². The van der Waals surface area contributed by atoms with Crippen LogP contribution in [0, 0.1) is 0 Å². The van der Waals surface area contributed by atoms with Crippen LogP contribution in [-0.4, -0.2) is 80.9 Å². The zero-order chi connectivity index (χ0) is 30.2. The van der Waals surface area contributed by atoms with Crippen LogP contribution in [0.5, 0.6) is 0 Å². The molecule has 0 aliphatic carbocycles. The van der Waals surface area contributed by atoms with Gasteiger partial charge in [0.05, 0.1) is 17.3 Å². The van der Waals surface area contributed by atoms with Gasteiger partial charge in [0.25, 0.3) is 5.91 Å². The summed E-state index contributed by atoms with van der Waals surface area (Å²) in [5.74, 6) is -0.576. The number of carbonyl (C=O) groups is 2. The van der Waals surface area contributed by atoms with Gasteiger partial charge in [-0.25, -0.2) is 9.97 Å². The predicted molar refractivity (Wildman–Crippen MR) is 167 cm³/mol. The van der Waals surface area contributed by atoms with Crippen molar-refractivity contribution in [3.05, 3.63) is 41.2 Å². The van der Waals surface area contributed by atoms with Crippen LogP contribution in [0.1, 0.15) is 30.6 Å². The van der Waals surface area contributed by atoms with Gasteiger partial charge < -0.3 is 25.3 Å². The van der Waals surface area contributed by atoms with Gasteiger partial charge in [0.15, 0.2) is 5.65 Å². The molecular formula is C29H39ClN8O3Si. The highest BCUT2D eigenvalue weighted by atomic mass is 35.5. The van der Waals surface area contributed by atoms with Gasteiger partial charge in [0, 0.05) is 57.0 Å². The Hall–Kier alpha value is -3.32. The van der Waals surface area contributed by atoms with E-state index in [2.05, 4.69) is 31.9 Å². The van der Waals surface area contributed by atoms with Crippen molar-refractivity contribution in [3.63, 3.8) is 0 Å². The monoisotopic (exact) mass is 610 g/mol. The van der Waals surface area contributed by atoms with Gasteiger partial charge in [-0.3, -0.25) is 14.3 Å². The van der Waals surface area contributed by atoms with Crippen molar-refractivity contribution in [3.8, 4) is 11.4 Å². The second kappa shape index (κ2) is 12.1. The first-order chi connectivity index (χ1) is 19.9. The van der Waals surface area contributed by atoms with E-state index >= 15 is 0 Å². The Balaban J connectivity index is 1.50. The molecule has 4 aromatic rings. The normalized spacial score (nSPS) is 14.9. The number of nitrogens with one attached hydrogen (secondary N) is 1. The first kappa shape index (κ1) is 30.1. The highest BCUT2D eigenvalue weighted by Gasteiger charge is 2.32. The molecule has 0 radical (unpaired) electrons. The maximum Gasteiger partial charge on any atom is 0.255 e. The molecular weight excluding hydrogens is 572 g/mol. The number of fused-ring (bicyclic) bond motifs is 2. The lowest BCUT2D eigenvalue weighted by Gasteiger charge is -2.38. The number of hydrogen-bond acceptors (Lipinski definition) is 7. The highest BCUT2D eigenvalue weighted by molar-refractivity contribution is 6.76. The Morgan fingerprint density at radius 1 is 1.26 bits per heavy atom. The number of nitrogens with zero attached hydrogens (tertiary/aromatic N) is 6. The molecule has 4 heterocycles. The number of likely N-dealkylation sites (tertiary alicyclic amines) is 1. The summed E-state index contributed by atoms with van der Waals surface area (Å²) >= 11 is 6.30. The minimum Gasteiger partial charge on any atom is -0.361 e. The quantitative estimate of drug-likeness (QED) is 0.193. The molecule has 0 spiro atoms. The number of halogens is 1. The van der Waals surface area contributed by atoms with Crippen molar-refractivity contribution in [2.75, 3.05) is 19.7 Å². The Morgan fingerprint density at radius 3 is 2.71 bits per heavy atom. The molecule has 1 aliphatic heterocycles. The molecule has 1 fully saturated rings. The van der Waals surface area contributed by atoms with Crippen LogP contribution < -0.4 is 11.1 Å².